The third kappa shape index (κ3) is 4.16. The van der Waals surface area contributed by atoms with Gasteiger partial charge in [-0.15, -0.1) is 11.3 Å². The molecular formula is C19H18N2O3S. The van der Waals surface area contributed by atoms with Crippen molar-refractivity contribution in [3.63, 3.8) is 0 Å². The minimum absolute atomic E-state index is 0.126. The third-order valence-corrected chi connectivity index (χ3v) is 4.63. The number of hydrogen-bond acceptors (Lipinski definition) is 5. The number of phenolic OH excluding ortho intramolecular Hbond substituents is 2. The number of nitrogens with one attached hydrogen (secondary N) is 1. The van der Waals surface area contributed by atoms with Gasteiger partial charge in [0.1, 0.15) is 5.01 Å². The zero-order valence-corrected chi connectivity index (χ0v) is 14.5. The van der Waals surface area contributed by atoms with Crippen molar-refractivity contribution >= 4 is 22.9 Å². The molecule has 1 amide bonds. The fourth-order valence-electron chi connectivity index (χ4n) is 2.37. The highest BCUT2D eigenvalue weighted by Crippen LogP contribution is 2.31. The van der Waals surface area contributed by atoms with E-state index >= 15 is 0 Å². The van der Waals surface area contributed by atoms with Crippen LogP contribution in [0.15, 0.2) is 47.8 Å². The largest absolute Gasteiger partial charge is 0.504 e. The summed E-state index contributed by atoms with van der Waals surface area (Å²) in [5, 5.41) is 24.3. The first kappa shape index (κ1) is 17.0. The van der Waals surface area contributed by atoms with E-state index in [1.54, 1.807) is 6.07 Å². The van der Waals surface area contributed by atoms with E-state index in [1.165, 1.54) is 29.0 Å². The van der Waals surface area contributed by atoms with Crippen LogP contribution in [0, 0.1) is 0 Å². The molecule has 1 aromatic heterocycles. The second-order valence-electron chi connectivity index (χ2n) is 5.61. The molecule has 0 saturated heterocycles. The van der Waals surface area contributed by atoms with Crippen molar-refractivity contribution in [3.8, 4) is 22.8 Å². The maximum absolute atomic E-state index is 12.2. The molecule has 0 radical (unpaired) electrons. The molecule has 0 spiro atoms. The fraction of sp³-hybridized carbons (Fsp3) is 0.158. The second-order valence-corrected chi connectivity index (χ2v) is 6.55. The number of anilines is 1. The van der Waals surface area contributed by atoms with Crippen LogP contribution < -0.4 is 5.32 Å². The van der Waals surface area contributed by atoms with Crippen LogP contribution in [-0.2, 0) is 17.6 Å². The first-order chi connectivity index (χ1) is 12.0. The Hall–Kier alpha value is -2.86. The molecule has 0 aliphatic carbocycles. The van der Waals surface area contributed by atoms with E-state index in [-0.39, 0.29) is 23.8 Å². The average Bonchev–Trinajstić information content (AvgIpc) is 3.06. The molecule has 0 saturated carbocycles. The molecule has 1 heterocycles. The van der Waals surface area contributed by atoms with E-state index in [9.17, 15) is 15.0 Å². The summed E-state index contributed by atoms with van der Waals surface area (Å²) in [6, 6.07) is 12.3. The first-order valence-electron chi connectivity index (χ1n) is 7.90. The van der Waals surface area contributed by atoms with Gasteiger partial charge in [0.25, 0.3) is 0 Å². The minimum Gasteiger partial charge on any atom is -0.504 e. The third-order valence-electron chi connectivity index (χ3n) is 3.78. The van der Waals surface area contributed by atoms with Crippen LogP contribution in [0.1, 0.15) is 17.5 Å². The van der Waals surface area contributed by atoms with Gasteiger partial charge in [-0.2, -0.15) is 0 Å². The molecule has 0 aliphatic heterocycles. The van der Waals surface area contributed by atoms with Gasteiger partial charge in [-0.3, -0.25) is 4.79 Å². The van der Waals surface area contributed by atoms with Crippen LogP contribution in [0.2, 0.25) is 0 Å². The summed E-state index contributed by atoms with van der Waals surface area (Å²) in [4.78, 5) is 16.6. The summed E-state index contributed by atoms with van der Waals surface area (Å²) in [6.07, 6.45) is 1.15. The van der Waals surface area contributed by atoms with Gasteiger partial charge in [-0.1, -0.05) is 19.1 Å². The van der Waals surface area contributed by atoms with Gasteiger partial charge in [-0.05, 0) is 42.3 Å². The lowest BCUT2D eigenvalue weighted by atomic mass is 10.1. The topological polar surface area (TPSA) is 82.5 Å². The Kier molecular flexibility index (Phi) is 5.00. The summed E-state index contributed by atoms with van der Waals surface area (Å²) in [6.45, 7) is 2.08. The van der Waals surface area contributed by atoms with Crippen molar-refractivity contribution < 1.29 is 15.0 Å². The van der Waals surface area contributed by atoms with Crippen LogP contribution in [0.3, 0.4) is 0 Å². The lowest BCUT2D eigenvalue weighted by Crippen LogP contribution is -2.14. The maximum Gasteiger partial charge on any atom is 0.231 e. The average molecular weight is 354 g/mol. The fourth-order valence-corrected chi connectivity index (χ4v) is 3.18. The monoisotopic (exact) mass is 354 g/mol. The van der Waals surface area contributed by atoms with Crippen LogP contribution in [-0.4, -0.2) is 21.1 Å². The number of rotatable bonds is 5. The minimum atomic E-state index is -0.194. The number of carbonyl (C=O) groups excluding carboxylic acids is 1. The Morgan fingerprint density at radius 2 is 1.88 bits per heavy atom. The number of thiazole rings is 1. The van der Waals surface area contributed by atoms with E-state index in [1.807, 2.05) is 29.6 Å². The standard InChI is InChI=1S/C19H18N2O3S/c1-2-12-3-6-14(7-4-12)20-18(24)10-19-21-15(11-25-19)13-5-8-16(22)17(23)9-13/h3-9,11,22-23H,2,10H2,1H3,(H,20,24). The highest BCUT2D eigenvalue weighted by Gasteiger charge is 2.11. The normalized spacial score (nSPS) is 10.6. The molecule has 0 atom stereocenters. The smallest absolute Gasteiger partial charge is 0.231 e. The molecule has 25 heavy (non-hydrogen) atoms. The van der Waals surface area contributed by atoms with Gasteiger partial charge in [-0.25, -0.2) is 4.98 Å². The molecule has 2 aromatic carbocycles. The SMILES string of the molecule is CCc1ccc(NC(=O)Cc2nc(-c3ccc(O)c(O)c3)cs2)cc1. The molecule has 3 aromatic rings. The van der Waals surface area contributed by atoms with Crippen molar-refractivity contribution in [1.82, 2.24) is 4.98 Å². The zero-order chi connectivity index (χ0) is 17.8. The lowest BCUT2D eigenvalue weighted by Gasteiger charge is -2.05. The number of aromatic hydroxyl groups is 2. The van der Waals surface area contributed by atoms with Gasteiger partial charge in [0.15, 0.2) is 11.5 Å². The van der Waals surface area contributed by atoms with Crippen LogP contribution in [0.5, 0.6) is 11.5 Å². The van der Waals surface area contributed by atoms with E-state index in [2.05, 4.69) is 17.2 Å². The van der Waals surface area contributed by atoms with Crippen molar-refractivity contribution in [2.75, 3.05) is 5.32 Å². The molecule has 0 aliphatic rings. The Morgan fingerprint density at radius 3 is 2.56 bits per heavy atom. The summed E-state index contributed by atoms with van der Waals surface area (Å²) in [5.74, 6) is -0.494. The summed E-state index contributed by atoms with van der Waals surface area (Å²) in [7, 11) is 0. The molecule has 3 rings (SSSR count). The molecule has 6 heteroatoms. The lowest BCUT2D eigenvalue weighted by molar-refractivity contribution is -0.115. The van der Waals surface area contributed by atoms with Gasteiger partial charge >= 0.3 is 0 Å². The zero-order valence-electron chi connectivity index (χ0n) is 13.7. The molecular weight excluding hydrogens is 336 g/mol. The highest BCUT2D eigenvalue weighted by molar-refractivity contribution is 7.10. The Balaban J connectivity index is 1.65. The van der Waals surface area contributed by atoms with E-state index < -0.39 is 0 Å². The number of nitrogens with zero attached hydrogens (tertiary/aromatic N) is 1. The van der Waals surface area contributed by atoms with Crippen molar-refractivity contribution in [2.24, 2.45) is 0 Å². The number of phenols is 2. The van der Waals surface area contributed by atoms with Crippen molar-refractivity contribution in [1.29, 1.82) is 0 Å². The summed E-state index contributed by atoms with van der Waals surface area (Å²) >= 11 is 1.38. The molecule has 3 N–H and O–H groups in total. The second kappa shape index (κ2) is 7.36. The molecule has 0 unspecified atom stereocenters. The first-order valence-corrected chi connectivity index (χ1v) is 8.78. The van der Waals surface area contributed by atoms with Crippen LogP contribution >= 0.6 is 11.3 Å². The molecule has 128 valence electrons. The quantitative estimate of drug-likeness (QED) is 0.606. The number of carbonyl (C=O) groups is 1. The van der Waals surface area contributed by atoms with Gasteiger partial charge in [0, 0.05) is 16.6 Å². The Labute approximate surface area is 149 Å². The molecule has 5 nitrogen and oxygen atoms in total. The number of hydrogen-bond donors (Lipinski definition) is 3. The predicted octanol–water partition coefficient (Wildman–Crippen LogP) is 3.96. The highest BCUT2D eigenvalue weighted by atomic mass is 32.1. The Bertz CT molecular complexity index is 888. The summed E-state index contributed by atoms with van der Waals surface area (Å²) < 4.78 is 0. The van der Waals surface area contributed by atoms with E-state index in [0.29, 0.717) is 16.3 Å². The molecule has 0 bridgehead atoms. The van der Waals surface area contributed by atoms with Crippen LogP contribution in [0.25, 0.3) is 11.3 Å². The summed E-state index contributed by atoms with van der Waals surface area (Å²) in [5.41, 5.74) is 3.34. The van der Waals surface area contributed by atoms with Crippen molar-refractivity contribution in [3.05, 3.63) is 58.4 Å². The number of benzene rings is 2. The van der Waals surface area contributed by atoms with Gasteiger partial charge in [0.2, 0.25) is 5.91 Å². The van der Waals surface area contributed by atoms with Gasteiger partial charge in [0.05, 0.1) is 12.1 Å². The van der Waals surface area contributed by atoms with E-state index in [4.69, 9.17) is 0 Å². The number of aromatic nitrogens is 1. The number of aryl methyl sites for hydroxylation is 1. The van der Waals surface area contributed by atoms with Crippen LogP contribution in [0.4, 0.5) is 5.69 Å². The maximum atomic E-state index is 12.2. The van der Waals surface area contributed by atoms with E-state index in [0.717, 1.165) is 12.1 Å². The Morgan fingerprint density at radius 1 is 1.12 bits per heavy atom. The molecule has 0 fully saturated rings. The predicted molar refractivity (Wildman–Crippen MR) is 99.0 cm³/mol. The van der Waals surface area contributed by atoms with Crippen molar-refractivity contribution in [2.45, 2.75) is 19.8 Å². The van der Waals surface area contributed by atoms with Gasteiger partial charge < -0.3 is 15.5 Å². The number of amides is 1.